The second kappa shape index (κ2) is 2.58. The third-order valence-electron chi connectivity index (χ3n) is 1.08. The van der Waals surface area contributed by atoms with Crippen LogP contribution in [0.2, 0.25) is 0 Å². The molecule has 1 heterocycles. The molecule has 0 saturated carbocycles. The van der Waals surface area contributed by atoms with Crippen molar-refractivity contribution >= 4 is 24.8 Å². The molecule has 0 saturated heterocycles. The zero-order chi connectivity index (χ0) is 6.85. The zero-order valence-electron chi connectivity index (χ0n) is 5.00. The van der Waals surface area contributed by atoms with Gasteiger partial charge < -0.3 is 4.42 Å². The Bertz CT molecular complexity index is 250. The lowest BCUT2D eigenvalue weighted by molar-refractivity contribution is 0.512. The minimum absolute atomic E-state index is 0.488. The van der Waals surface area contributed by atoms with E-state index in [2.05, 4.69) is 12.6 Å². The molecule has 0 N–H and O–H groups in total. The van der Waals surface area contributed by atoms with Crippen LogP contribution in [-0.2, 0) is 6.54 Å². The Balaban J connectivity index is 3.23. The topological polar surface area (TPSA) is 18.1 Å². The van der Waals surface area contributed by atoms with Crippen molar-refractivity contribution in [2.75, 3.05) is 0 Å². The SMILES string of the molecule is CCn1c(S)coc1=S. The van der Waals surface area contributed by atoms with E-state index in [1.807, 2.05) is 6.92 Å². The van der Waals surface area contributed by atoms with Crippen LogP contribution in [0.5, 0.6) is 0 Å². The van der Waals surface area contributed by atoms with E-state index in [0.29, 0.717) is 4.84 Å². The highest BCUT2D eigenvalue weighted by Crippen LogP contribution is 2.07. The van der Waals surface area contributed by atoms with Gasteiger partial charge in [0, 0.05) is 6.54 Å². The van der Waals surface area contributed by atoms with Crippen LogP contribution < -0.4 is 0 Å². The smallest absolute Gasteiger partial charge is 0.269 e. The molecule has 0 aliphatic carbocycles. The Morgan fingerprint density at radius 3 is 2.78 bits per heavy atom. The Morgan fingerprint density at radius 1 is 1.89 bits per heavy atom. The van der Waals surface area contributed by atoms with Gasteiger partial charge in [-0.1, -0.05) is 0 Å². The summed E-state index contributed by atoms with van der Waals surface area (Å²) in [6.07, 6.45) is 1.54. The molecule has 0 aliphatic rings. The Labute approximate surface area is 63.9 Å². The van der Waals surface area contributed by atoms with Crippen LogP contribution in [0.15, 0.2) is 15.7 Å². The summed E-state index contributed by atoms with van der Waals surface area (Å²) in [6.45, 7) is 2.80. The first-order valence-corrected chi connectivity index (χ1v) is 3.48. The Hall–Kier alpha value is -0.220. The highest BCUT2D eigenvalue weighted by molar-refractivity contribution is 7.80. The van der Waals surface area contributed by atoms with Gasteiger partial charge in [-0.05, 0) is 19.1 Å². The van der Waals surface area contributed by atoms with Crippen LogP contribution in [0, 0.1) is 4.84 Å². The monoisotopic (exact) mass is 161 g/mol. The number of nitrogens with zero attached hydrogens (tertiary/aromatic N) is 1. The average molecular weight is 161 g/mol. The van der Waals surface area contributed by atoms with Gasteiger partial charge in [-0.15, -0.1) is 12.6 Å². The summed E-state index contributed by atoms with van der Waals surface area (Å²) in [7, 11) is 0. The van der Waals surface area contributed by atoms with E-state index in [1.54, 1.807) is 4.57 Å². The first kappa shape index (κ1) is 6.89. The van der Waals surface area contributed by atoms with Crippen LogP contribution in [-0.4, -0.2) is 4.57 Å². The molecule has 1 aromatic rings. The fourth-order valence-electron chi connectivity index (χ4n) is 0.615. The van der Waals surface area contributed by atoms with E-state index in [-0.39, 0.29) is 0 Å². The Kier molecular flexibility index (Phi) is 1.97. The number of hydrogen-bond acceptors (Lipinski definition) is 3. The van der Waals surface area contributed by atoms with Crippen molar-refractivity contribution in [3.63, 3.8) is 0 Å². The van der Waals surface area contributed by atoms with E-state index in [4.69, 9.17) is 16.6 Å². The molecular weight excluding hydrogens is 154 g/mol. The molecule has 0 amide bonds. The van der Waals surface area contributed by atoms with Crippen molar-refractivity contribution < 1.29 is 4.42 Å². The second-order valence-corrected chi connectivity index (χ2v) is 2.41. The van der Waals surface area contributed by atoms with Crippen molar-refractivity contribution in [3.8, 4) is 0 Å². The standard InChI is InChI=1S/C5H7NOS2/c1-2-6-4(8)3-7-5(6)9/h3,8H,2H2,1H3. The predicted octanol–water partition coefficient (Wildman–Crippen LogP) is 2.12. The van der Waals surface area contributed by atoms with Gasteiger partial charge >= 0.3 is 0 Å². The largest absolute Gasteiger partial charge is 0.437 e. The molecule has 0 atom stereocenters. The molecule has 2 nitrogen and oxygen atoms in total. The van der Waals surface area contributed by atoms with Crippen molar-refractivity contribution in [2.24, 2.45) is 0 Å². The molecule has 0 fully saturated rings. The minimum Gasteiger partial charge on any atom is -0.437 e. The molecule has 0 aromatic carbocycles. The maximum absolute atomic E-state index is 4.89. The molecular formula is C5H7NOS2. The summed E-state index contributed by atoms with van der Waals surface area (Å²) in [6, 6.07) is 0. The highest BCUT2D eigenvalue weighted by atomic mass is 32.1. The normalized spacial score (nSPS) is 10.0. The molecule has 1 aromatic heterocycles. The maximum Gasteiger partial charge on any atom is 0.269 e. The third-order valence-corrected chi connectivity index (χ3v) is 1.74. The molecule has 0 bridgehead atoms. The molecule has 0 aliphatic heterocycles. The van der Waals surface area contributed by atoms with Gasteiger partial charge in [0.15, 0.2) is 0 Å². The van der Waals surface area contributed by atoms with Gasteiger partial charge in [0.05, 0.1) is 0 Å². The summed E-state index contributed by atoms with van der Waals surface area (Å²) in [5.41, 5.74) is 0. The zero-order valence-corrected chi connectivity index (χ0v) is 6.71. The van der Waals surface area contributed by atoms with Crippen LogP contribution >= 0.6 is 24.8 Å². The number of hydrogen-bond donors (Lipinski definition) is 1. The minimum atomic E-state index is 0.488. The van der Waals surface area contributed by atoms with Crippen molar-refractivity contribution in [3.05, 3.63) is 11.1 Å². The number of thiol groups is 1. The molecule has 0 radical (unpaired) electrons. The van der Waals surface area contributed by atoms with Gasteiger partial charge in [-0.3, -0.25) is 4.57 Å². The summed E-state index contributed by atoms with van der Waals surface area (Å²) in [4.78, 5) is 0.488. The molecule has 50 valence electrons. The van der Waals surface area contributed by atoms with Crippen molar-refractivity contribution in [1.29, 1.82) is 0 Å². The summed E-state index contributed by atoms with van der Waals surface area (Å²) in [5.74, 6) is 0. The van der Waals surface area contributed by atoms with Gasteiger partial charge in [0.25, 0.3) is 4.84 Å². The quantitative estimate of drug-likeness (QED) is 0.502. The lowest BCUT2D eigenvalue weighted by atomic mass is 10.7. The fourth-order valence-corrected chi connectivity index (χ4v) is 1.24. The van der Waals surface area contributed by atoms with E-state index in [9.17, 15) is 0 Å². The molecule has 0 spiro atoms. The first-order valence-electron chi connectivity index (χ1n) is 2.63. The average Bonchev–Trinajstić information content (AvgIpc) is 2.12. The van der Waals surface area contributed by atoms with Crippen LogP contribution in [0.4, 0.5) is 0 Å². The second-order valence-electron chi connectivity index (χ2n) is 1.60. The molecule has 0 unspecified atom stereocenters. The maximum atomic E-state index is 4.89. The van der Waals surface area contributed by atoms with Gasteiger partial charge in [-0.25, -0.2) is 0 Å². The van der Waals surface area contributed by atoms with Crippen LogP contribution in [0.25, 0.3) is 0 Å². The molecule has 9 heavy (non-hydrogen) atoms. The molecule has 1 rings (SSSR count). The number of rotatable bonds is 1. The van der Waals surface area contributed by atoms with Gasteiger partial charge in [0.1, 0.15) is 11.3 Å². The number of aromatic nitrogens is 1. The van der Waals surface area contributed by atoms with Crippen LogP contribution in [0.1, 0.15) is 6.92 Å². The number of oxazole rings is 1. The summed E-state index contributed by atoms with van der Waals surface area (Å²) >= 11 is 8.92. The van der Waals surface area contributed by atoms with Crippen molar-refractivity contribution in [2.45, 2.75) is 18.5 Å². The van der Waals surface area contributed by atoms with E-state index < -0.39 is 0 Å². The van der Waals surface area contributed by atoms with Crippen LogP contribution in [0.3, 0.4) is 0 Å². The van der Waals surface area contributed by atoms with E-state index >= 15 is 0 Å². The fraction of sp³-hybridized carbons (Fsp3) is 0.400. The summed E-state index contributed by atoms with van der Waals surface area (Å²) < 4.78 is 6.69. The van der Waals surface area contributed by atoms with Gasteiger partial charge in [0.2, 0.25) is 0 Å². The van der Waals surface area contributed by atoms with Gasteiger partial charge in [-0.2, -0.15) is 0 Å². The lowest BCUT2D eigenvalue weighted by Gasteiger charge is -1.93. The highest BCUT2D eigenvalue weighted by Gasteiger charge is 1.96. The third kappa shape index (κ3) is 1.19. The lowest BCUT2D eigenvalue weighted by Crippen LogP contribution is -1.92. The predicted molar refractivity (Wildman–Crippen MR) is 40.5 cm³/mol. The Morgan fingerprint density at radius 2 is 2.56 bits per heavy atom. The van der Waals surface area contributed by atoms with E-state index in [1.165, 1.54) is 6.26 Å². The first-order chi connectivity index (χ1) is 4.25. The van der Waals surface area contributed by atoms with Crippen molar-refractivity contribution in [1.82, 2.24) is 4.57 Å². The van der Waals surface area contributed by atoms with E-state index in [0.717, 1.165) is 11.6 Å². The summed E-state index contributed by atoms with van der Waals surface area (Å²) in [5, 5.41) is 0.780. The molecule has 4 heteroatoms.